The van der Waals surface area contributed by atoms with Crippen molar-refractivity contribution in [3.8, 4) is 27.7 Å². The van der Waals surface area contributed by atoms with E-state index < -0.39 is 0 Å². The van der Waals surface area contributed by atoms with Crippen molar-refractivity contribution in [1.29, 1.82) is 0 Å². The number of hydrogen-bond donors (Lipinski definition) is 2. The Balaban J connectivity index is 1.47. The van der Waals surface area contributed by atoms with Crippen LogP contribution in [0.4, 0.5) is 11.5 Å². The van der Waals surface area contributed by atoms with Gasteiger partial charge < -0.3 is 15.0 Å². The quantitative estimate of drug-likeness (QED) is 0.347. The number of anilines is 2. The minimum absolute atomic E-state index is 0.661. The number of ether oxygens (including phenoxy) is 1. The van der Waals surface area contributed by atoms with Crippen LogP contribution in [0.2, 0.25) is 5.02 Å². The van der Waals surface area contributed by atoms with Gasteiger partial charge in [-0.3, -0.25) is 0 Å². The summed E-state index contributed by atoms with van der Waals surface area (Å²) < 4.78 is 5.22. The molecule has 0 aliphatic carbocycles. The first-order valence-electron chi connectivity index (χ1n) is 9.16. The first-order chi connectivity index (χ1) is 14.7. The maximum atomic E-state index is 6.09. The molecular formula is C22H16ClN5OS. The summed E-state index contributed by atoms with van der Waals surface area (Å²) in [5.41, 5.74) is 4.45. The van der Waals surface area contributed by atoms with Crippen molar-refractivity contribution in [3.05, 3.63) is 71.3 Å². The lowest BCUT2D eigenvalue weighted by Crippen LogP contribution is -1.94. The smallest absolute Gasteiger partial charge is 0.143 e. The minimum atomic E-state index is 0.661. The van der Waals surface area contributed by atoms with E-state index in [-0.39, 0.29) is 0 Å². The average Bonchev–Trinajstić information content (AvgIpc) is 3.42. The molecule has 148 valence electrons. The van der Waals surface area contributed by atoms with E-state index in [0.29, 0.717) is 10.8 Å². The number of aromatic amines is 1. The summed E-state index contributed by atoms with van der Waals surface area (Å²) in [6.45, 7) is 0. The van der Waals surface area contributed by atoms with Crippen LogP contribution in [0.15, 0.2) is 66.3 Å². The molecule has 0 aliphatic rings. The molecule has 0 atom stereocenters. The van der Waals surface area contributed by atoms with Gasteiger partial charge in [0.25, 0.3) is 0 Å². The fraction of sp³-hybridized carbons (Fsp3) is 0.0455. The number of rotatable bonds is 5. The van der Waals surface area contributed by atoms with Gasteiger partial charge in [0.2, 0.25) is 0 Å². The molecule has 3 aromatic heterocycles. The van der Waals surface area contributed by atoms with Crippen molar-refractivity contribution >= 4 is 45.5 Å². The lowest BCUT2D eigenvalue weighted by molar-refractivity contribution is 0.415. The van der Waals surface area contributed by atoms with Crippen LogP contribution in [0.25, 0.3) is 33.0 Å². The molecule has 8 heteroatoms. The lowest BCUT2D eigenvalue weighted by atomic mass is 10.2. The van der Waals surface area contributed by atoms with Gasteiger partial charge in [0.05, 0.1) is 23.9 Å². The van der Waals surface area contributed by atoms with Crippen LogP contribution in [-0.2, 0) is 0 Å². The molecule has 5 rings (SSSR count). The predicted octanol–water partition coefficient (Wildman–Crippen LogP) is 6.15. The Kier molecular flexibility index (Phi) is 4.82. The largest absolute Gasteiger partial charge is 0.497 e. The predicted molar refractivity (Wildman–Crippen MR) is 122 cm³/mol. The van der Waals surface area contributed by atoms with Crippen LogP contribution in [0.3, 0.4) is 0 Å². The van der Waals surface area contributed by atoms with Gasteiger partial charge in [0, 0.05) is 21.7 Å². The third kappa shape index (κ3) is 3.60. The van der Waals surface area contributed by atoms with Gasteiger partial charge in [-0.2, -0.15) is 0 Å². The van der Waals surface area contributed by atoms with Gasteiger partial charge in [-0.1, -0.05) is 17.7 Å². The van der Waals surface area contributed by atoms with Gasteiger partial charge in [0.15, 0.2) is 0 Å². The molecule has 0 saturated heterocycles. The van der Waals surface area contributed by atoms with Crippen molar-refractivity contribution < 1.29 is 4.74 Å². The van der Waals surface area contributed by atoms with E-state index in [2.05, 4.69) is 20.3 Å². The van der Waals surface area contributed by atoms with Crippen molar-refractivity contribution in [2.24, 2.45) is 0 Å². The van der Waals surface area contributed by atoms with Crippen molar-refractivity contribution in [1.82, 2.24) is 19.9 Å². The molecule has 2 N–H and O–H groups in total. The van der Waals surface area contributed by atoms with Gasteiger partial charge >= 0.3 is 0 Å². The van der Waals surface area contributed by atoms with E-state index in [1.165, 1.54) is 6.33 Å². The molecule has 0 aliphatic heterocycles. The molecule has 0 spiro atoms. The molecule has 0 bridgehead atoms. The zero-order valence-electron chi connectivity index (χ0n) is 15.9. The Morgan fingerprint density at radius 3 is 2.73 bits per heavy atom. The maximum Gasteiger partial charge on any atom is 0.143 e. The van der Waals surface area contributed by atoms with Gasteiger partial charge in [-0.25, -0.2) is 15.0 Å². The second-order valence-electron chi connectivity index (χ2n) is 6.57. The number of hydrogen-bond acceptors (Lipinski definition) is 6. The molecule has 6 nitrogen and oxygen atoms in total. The summed E-state index contributed by atoms with van der Waals surface area (Å²) in [6.07, 6.45) is 1.53. The van der Waals surface area contributed by atoms with E-state index in [1.54, 1.807) is 18.4 Å². The monoisotopic (exact) mass is 433 g/mol. The highest BCUT2D eigenvalue weighted by Crippen LogP contribution is 2.33. The molecule has 0 unspecified atom stereocenters. The number of methoxy groups -OCH3 is 1. The first kappa shape index (κ1) is 18.6. The molecule has 0 amide bonds. The Hall–Kier alpha value is -3.42. The van der Waals surface area contributed by atoms with Crippen LogP contribution in [0, 0.1) is 0 Å². The number of aromatic nitrogens is 4. The topological polar surface area (TPSA) is 75.7 Å². The SMILES string of the molecule is COc1ccc(-c2csc(-c3cc4c(Nc5cccc(Cl)c5)ncnc4[nH]3)n2)cc1. The highest BCUT2D eigenvalue weighted by atomic mass is 35.5. The van der Waals surface area contributed by atoms with Gasteiger partial charge in [-0.05, 0) is 48.5 Å². The maximum absolute atomic E-state index is 6.09. The van der Waals surface area contributed by atoms with Crippen molar-refractivity contribution in [3.63, 3.8) is 0 Å². The third-order valence-corrected chi connectivity index (χ3v) is 5.74. The highest BCUT2D eigenvalue weighted by Gasteiger charge is 2.13. The minimum Gasteiger partial charge on any atom is -0.497 e. The zero-order chi connectivity index (χ0) is 20.5. The van der Waals surface area contributed by atoms with E-state index in [0.717, 1.165) is 44.4 Å². The summed E-state index contributed by atoms with van der Waals surface area (Å²) in [5.74, 6) is 1.53. The van der Waals surface area contributed by atoms with E-state index in [4.69, 9.17) is 21.3 Å². The molecule has 5 aromatic rings. The number of fused-ring (bicyclic) bond motifs is 1. The van der Waals surface area contributed by atoms with Gasteiger partial charge in [0.1, 0.15) is 28.5 Å². The number of thiazole rings is 1. The standard InChI is InChI=1S/C22H16ClN5OS/c1-29-16-7-5-13(6-8-16)19-11-30-22(28-19)18-10-17-20(24-12-25-21(17)27-18)26-15-4-2-3-14(23)9-15/h2-12H,1H3,(H2,24,25,26,27). The van der Waals surface area contributed by atoms with E-state index >= 15 is 0 Å². The third-order valence-electron chi connectivity index (χ3n) is 4.63. The van der Waals surface area contributed by atoms with E-state index in [1.807, 2.05) is 60.0 Å². The summed E-state index contributed by atoms with van der Waals surface area (Å²) >= 11 is 7.67. The molecule has 0 fully saturated rings. The normalized spacial score (nSPS) is 11.0. The second-order valence-corrected chi connectivity index (χ2v) is 7.86. The van der Waals surface area contributed by atoms with E-state index in [9.17, 15) is 0 Å². The zero-order valence-corrected chi connectivity index (χ0v) is 17.5. The van der Waals surface area contributed by atoms with Crippen molar-refractivity contribution in [2.45, 2.75) is 0 Å². The van der Waals surface area contributed by atoms with Crippen LogP contribution in [0.5, 0.6) is 5.75 Å². The highest BCUT2D eigenvalue weighted by molar-refractivity contribution is 7.13. The Labute approximate surface area is 181 Å². The Morgan fingerprint density at radius 2 is 1.93 bits per heavy atom. The summed E-state index contributed by atoms with van der Waals surface area (Å²) in [6, 6.07) is 17.4. The molecule has 0 radical (unpaired) electrons. The molecule has 2 aromatic carbocycles. The van der Waals surface area contributed by atoms with Crippen LogP contribution in [0.1, 0.15) is 0 Å². The van der Waals surface area contributed by atoms with Gasteiger partial charge in [-0.15, -0.1) is 11.3 Å². The number of nitrogens with one attached hydrogen (secondary N) is 2. The summed E-state index contributed by atoms with van der Waals surface area (Å²) in [7, 11) is 1.66. The van der Waals surface area contributed by atoms with Crippen LogP contribution in [-0.4, -0.2) is 27.0 Å². The number of nitrogens with zero attached hydrogens (tertiary/aromatic N) is 3. The lowest BCUT2D eigenvalue weighted by Gasteiger charge is -2.06. The fourth-order valence-corrected chi connectivity index (χ4v) is 4.14. The second kappa shape index (κ2) is 7.78. The first-order valence-corrected chi connectivity index (χ1v) is 10.4. The summed E-state index contributed by atoms with van der Waals surface area (Å²) in [5, 5.41) is 7.78. The average molecular weight is 434 g/mol. The number of benzene rings is 2. The molecule has 0 saturated carbocycles. The summed E-state index contributed by atoms with van der Waals surface area (Å²) in [4.78, 5) is 16.9. The molecule has 30 heavy (non-hydrogen) atoms. The fourth-order valence-electron chi connectivity index (χ4n) is 3.15. The van der Waals surface area contributed by atoms with Crippen LogP contribution < -0.4 is 10.1 Å². The van der Waals surface area contributed by atoms with Crippen molar-refractivity contribution in [2.75, 3.05) is 12.4 Å². The number of H-pyrrole nitrogens is 1. The molecule has 3 heterocycles. The number of halogens is 1. The Morgan fingerprint density at radius 1 is 1.07 bits per heavy atom. The molecular weight excluding hydrogens is 418 g/mol. The Bertz CT molecular complexity index is 1330. The van der Waals surface area contributed by atoms with Crippen LogP contribution >= 0.6 is 22.9 Å².